The molecule has 2 rings (SSSR count). The minimum Gasteiger partial charge on any atom is -0.496 e. The van der Waals surface area contributed by atoms with E-state index in [2.05, 4.69) is 36.3 Å². The van der Waals surface area contributed by atoms with Gasteiger partial charge in [0, 0.05) is 16.6 Å². The van der Waals surface area contributed by atoms with Crippen LogP contribution in [0.15, 0.2) is 17.5 Å². The van der Waals surface area contributed by atoms with E-state index < -0.39 is 0 Å². The predicted octanol–water partition coefficient (Wildman–Crippen LogP) is 3.74. The molecular weight excluding hydrogens is 218 g/mol. The van der Waals surface area contributed by atoms with Crippen LogP contribution in [0.1, 0.15) is 16.8 Å². The Morgan fingerprint density at radius 2 is 1.88 bits per heavy atom. The lowest BCUT2D eigenvalue weighted by Gasteiger charge is -2.09. The maximum Gasteiger partial charge on any atom is 0.123 e. The lowest BCUT2D eigenvalue weighted by Crippen LogP contribution is -1.91. The molecule has 0 bridgehead atoms. The second-order valence-corrected chi connectivity index (χ2v) is 4.79. The van der Waals surface area contributed by atoms with Gasteiger partial charge >= 0.3 is 0 Å². The van der Waals surface area contributed by atoms with Gasteiger partial charge in [-0.1, -0.05) is 0 Å². The summed E-state index contributed by atoms with van der Waals surface area (Å²) in [6.07, 6.45) is 0. The standard InChI is InChI=1S/C13H15NOS/c1-8-6-12(15-4)9(2)5-11(8)13-14-10(3)7-16-13/h5-7H,1-4H3. The summed E-state index contributed by atoms with van der Waals surface area (Å²) in [4.78, 5) is 4.52. The van der Waals surface area contributed by atoms with Gasteiger partial charge < -0.3 is 4.74 Å². The summed E-state index contributed by atoms with van der Waals surface area (Å²) in [7, 11) is 1.70. The summed E-state index contributed by atoms with van der Waals surface area (Å²) >= 11 is 1.69. The molecule has 1 aromatic heterocycles. The van der Waals surface area contributed by atoms with Crippen molar-refractivity contribution in [2.75, 3.05) is 7.11 Å². The molecule has 0 unspecified atom stereocenters. The molecule has 1 aromatic carbocycles. The zero-order chi connectivity index (χ0) is 11.7. The molecule has 3 heteroatoms. The van der Waals surface area contributed by atoms with Crippen LogP contribution in [-0.4, -0.2) is 12.1 Å². The Morgan fingerprint density at radius 3 is 2.44 bits per heavy atom. The molecule has 0 aliphatic heterocycles. The zero-order valence-corrected chi connectivity index (χ0v) is 10.8. The molecule has 0 aliphatic carbocycles. The highest BCUT2D eigenvalue weighted by Crippen LogP contribution is 2.31. The molecule has 0 fully saturated rings. The van der Waals surface area contributed by atoms with Crippen LogP contribution < -0.4 is 4.74 Å². The van der Waals surface area contributed by atoms with Crippen LogP contribution in [0.3, 0.4) is 0 Å². The van der Waals surface area contributed by atoms with Crippen molar-refractivity contribution in [2.24, 2.45) is 0 Å². The maximum atomic E-state index is 5.30. The van der Waals surface area contributed by atoms with Gasteiger partial charge in [0.1, 0.15) is 10.8 Å². The Kier molecular flexibility index (Phi) is 2.97. The number of thiazole rings is 1. The summed E-state index contributed by atoms with van der Waals surface area (Å²) in [5.74, 6) is 0.939. The first-order valence-corrected chi connectivity index (χ1v) is 6.07. The van der Waals surface area contributed by atoms with Gasteiger partial charge in [0.2, 0.25) is 0 Å². The highest BCUT2D eigenvalue weighted by atomic mass is 32.1. The Bertz CT molecular complexity index is 517. The number of ether oxygens (including phenoxy) is 1. The van der Waals surface area contributed by atoms with E-state index in [1.165, 1.54) is 11.1 Å². The van der Waals surface area contributed by atoms with E-state index >= 15 is 0 Å². The Balaban J connectivity index is 2.54. The van der Waals surface area contributed by atoms with E-state index in [1.54, 1.807) is 18.4 Å². The van der Waals surface area contributed by atoms with Gasteiger partial charge in [-0.3, -0.25) is 0 Å². The van der Waals surface area contributed by atoms with Gasteiger partial charge in [0.25, 0.3) is 0 Å². The van der Waals surface area contributed by atoms with Gasteiger partial charge in [-0.2, -0.15) is 0 Å². The highest BCUT2D eigenvalue weighted by Gasteiger charge is 2.09. The molecule has 16 heavy (non-hydrogen) atoms. The van der Waals surface area contributed by atoms with Crippen molar-refractivity contribution in [2.45, 2.75) is 20.8 Å². The van der Waals surface area contributed by atoms with Gasteiger partial charge in [-0.15, -0.1) is 11.3 Å². The van der Waals surface area contributed by atoms with E-state index in [0.717, 1.165) is 22.0 Å². The summed E-state index contributed by atoms with van der Waals surface area (Å²) in [5, 5.41) is 3.16. The maximum absolute atomic E-state index is 5.30. The predicted molar refractivity (Wildman–Crippen MR) is 68.3 cm³/mol. The lowest BCUT2D eigenvalue weighted by molar-refractivity contribution is 0.411. The Morgan fingerprint density at radius 1 is 1.12 bits per heavy atom. The van der Waals surface area contributed by atoms with E-state index in [-0.39, 0.29) is 0 Å². The molecule has 2 nitrogen and oxygen atoms in total. The number of hydrogen-bond acceptors (Lipinski definition) is 3. The quantitative estimate of drug-likeness (QED) is 0.788. The van der Waals surface area contributed by atoms with Crippen molar-refractivity contribution < 1.29 is 4.74 Å². The van der Waals surface area contributed by atoms with Crippen LogP contribution in [0.5, 0.6) is 5.75 Å². The number of aromatic nitrogens is 1. The fraction of sp³-hybridized carbons (Fsp3) is 0.308. The number of methoxy groups -OCH3 is 1. The average Bonchev–Trinajstić information content (AvgIpc) is 2.67. The molecule has 2 aromatic rings. The number of benzene rings is 1. The molecule has 0 spiro atoms. The van der Waals surface area contributed by atoms with Crippen LogP contribution in [-0.2, 0) is 0 Å². The average molecular weight is 233 g/mol. The summed E-state index contributed by atoms with van der Waals surface area (Å²) in [6.45, 7) is 6.17. The topological polar surface area (TPSA) is 22.1 Å². The van der Waals surface area contributed by atoms with Gasteiger partial charge in [-0.25, -0.2) is 4.98 Å². The second-order valence-electron chi connectivity index (χ2n) is 3.93. The Labute approximate surface area is 99.9 Å². The fourth-order valence-corrected chi connectivity index (χ4v) is 2.60. The first kappa shape index (κ1) is 11.1. The third-order valence-corrected chi connectivity index (χ3v) is 3.58. The molecule has 0 N–H and O–H groups in total. The molecule has 84 valence electrons. The Hall–Kier alpha value is -1.35. The van der Waals surface area contributed by atoms with Crippen LogP contribution in [0.4, 0.5) is 0 Å². The van der Waals surface area contributed by atoms with E-state index in [0.29, 0.717) is 0 Å². The largest absolute Gasteiger partial charge is 0.496 e. The van der Waals surface area contributed by atoms with Crippen molar-refractivity contribution in [3.63, 3.8) is 0 Å². The fourth-order valence-electron chi connectivity index (χ4n) is 1.72. The van der Waals surface area contributed by atoms with Crippen LogP contribution in [0.2, 0.25) is 0 Å². The van der Waals surface area contributed by atoms with Crippen molar-refractivity contribution in [1.82, 2.24) is 4.98 Å². The first-order chi connectivity index (χ1) is 7.61. The van der Waals surface area contributed by atoms with Crippen LogP contribution >= 0.6 is 11.3 Å². The monoisotopic (exact) mass is 233 g/mol. The SMILES string of the molecule is COc1cc(C)c(-c2nc(C)cs2)cc1C. The zero-order valence-electron chi connectivity index (χ0n) is 10.00. The van der Waals surface area contributed by atoms with Gasteiger partial charge in [-0.05, 0) is 44.0 Å². The normalized spacial score (nSPS) is 10.5. The lowest BCUT2D eigenvalue weighted by atomic mass is 10.1. The van der Waals surface area contributed by atoms with Gasteiger partial charge in [0.15, 0.2) is 0 Å². The van der Waals surface area contributed by atoms with Crippen molar-refractivity contribution in [3.05, 3.63) is 34.3 Å². The summed E-state index contributed by atoms with van der Waals surface area (Å²) in [5.41, 5.74) is 4.64. The van der Waals surface area contributed by atoms with E-state index in [9.17, 15) is 0 Å². The summed E-state index contributed by atoms with van der Waals surface area (Å²) in [6, 6.07) is 4.22. The number of nitrogens with zero attached hydrogens (tertiary/aromatic N) is 1. The smallest absolute Gasteiger partial charge is 0.123 e. The number of aryl methyl sites for hydroxylation is 3. The minimum absolute atomic E-state index is 0.939. The first-order valence-electron chi connectivity index (χ1n) is 5.19. The number of rotatable bonds is 2. The van der Waals surface area contributed by atoms with E-state index in [1.807, 2.05) is 6.92 Å². The van der Waals surface area contributed by atoms with Crippen LogP contribution in [0, 0.1) is 20.8 Å². The second kappa shape index (κ2) is 4.26. The van der Waals surface area contributed by atoms with Gasteiger partial charge in [0.05, 0.1) is 7.11 Å². The highest BCUT2D eigenvalue weighted by molar-refractivity contribution is 7.13. The molecule has 0 radical (unpaired) electrons. The minimum atomic E-state index is 0.939. The van der Waals surface area contributed by atoms with Crippen LogP contribution in [0.25, 0.3) is 10.6 Å². The van der Waals surface area contributed by atoms with Crippen molar-refractivity contribution >= 4 is 11.3 Å². The van der Waals surface area contributed by atoms with E-state index in [4.69, 9.17) is 4.74 Å². The molecule has 0 atom stereocenters. The van der Waals surface area contributed by atoms with Crippen molar-refractivity contribution in [1.29, 1.82) is 0 Å². The molecule has 1 heterocycles. The summed E-state index contributed by atoms with van der Waals surface area (Å²) < 4.78 is 5.30. The third-order valence-electron chi connectivity index (χ3n) is 2.59. The third kappa shape index (κ3) is 1.95. The molecule has 0 saturated heterocycles. The van der Waals surface area contributed by atoms with Crippen molar-refractivity contribution in [3.8, 4) is 16.3 Å². The number of hydrogen-bond donors (Lipinski definition) is 0. The molecular formula is C13H15NOS. The molecule has 0 aliphatic rings. The molecule has 0 amide bonds. The molecule has 0 saturated carbocycles.